The highest BCUT2D eigenvalue weighted by Gasteiger charge is 2.33. The van der Waals surface area contributed by atoms with Gasteiger partial charge in [0.1, 0.15) is 0 Å². The van der Waals surface area contributed by atoms with Gasteiger partial charge in [0.05, 0.1) is 5.88 Å². The molecule has 2 N–H and O–H groups in total. The molecule has 0 heterocycles. The Morgan fingerprint density at radius 3 is 2.50 bits per heavy atom. The van der Waals surface area contributed by atoms with Gasteiger partial charge >= 0.3 is 0 Å². The number of unbranched alkanes of at least 4 members (excludes halogenated alkanes) is 3. The maximum absolute atomic E-state index is 11.3. The molecule has 0 rings (SSSR count). The van der Waals surface area contributed by atoms with Crippen molar-refractivity contribution in [3.63, 3.8) is 0 Å². The zero-order valence-corrected chi connectivity index (χ0v) is 11.6. The molecule has 0 spiro atoms. The maximum Gasteiger partial charge on any atom is 0.222 e. The van der Waals surface area contributed by atoms with Crippen LogP contribution in [0.15, 0.2) is 0 Å². The molecular weight excluding hydrogens is 272 g/mol. The molecule has 3 nitrogen and oxygen atoms in total. The smallest absolute Gasteiger partial charge is 0.222 e. The van der Waals surface area contributed by atoms with E-state index >= 15 is 0 Å². The van der Waals surface area contributed by atoms with Crippen molar-refractivity contribution in [2.75, 3.05) is 5.88 Å². The van der Waals surface area contributed by atoms with Gasteiger partial charge in [-0.2, -0.15) is 0 Å². The van der Waals surface area contributed by atoms with Gasteiger partial charge in [0.2, 0.25) is 5.91 Å². The van der Waals surface area contributed by atoms with E-state index in [2.05, 4.69) is 12.2 Å². The molecule has 1 atom stereocenters. The Kier molecular flexibility index (Phi) is 8.56. The number of amides is 1. The molecule has 16 heavy (non-hydrogen) atoms. The number of alkyl halides is 3. The van der Waals surface area contributed by atoms with Crippen molar-refractivity contribution in [2.24, 2.45) is 0 Å². The lowest BCUT2D eigenvalue weighted by molar-refractivity contribution is -0.124. The van der Waals surface area contributed by atoms with Crippen LogP contribution in [-0.4, -0.2) is 27.5 Å². The van der Waals surface area contributed by atoms with Crippen LogP contribution in [0.2, 0.25) is 0 Å². The third-order valence-corrected chi connectivity index (χ3v) is 3.51. The highest BCUT2D eigenvalue weighted by molar-refractivity contribution is 6.52. The van der Waals surface area contributed by atoms with Gasteiger partial charge in [0.15, 0.2) is 10.6 Å². The molecule has 0 aliphatic carbocycles. The summed E-state index contributed by atoms with van der Waals surface area (Å²) in [6, 6.07) is 0. The monoisotopic (exact) mass is 289 g/mol. The number of carbonyl (C=O) groups excluding carboxylic acids is 1. The molecule has 0 aromatic heterocycles. The zero-order valence-electron chi connectivity index (χ0n) is 9.31. The van der Waals surface area contributed by atoms with Crippen LogP contribution in [0.25, 0.3) is 0 Å². The fourth-order valence-electron chi connectivity index (χ4n) is 1.12. The second-order valence-electron chi connectivity index (χ2n) is 3.68. The van der Waals surface area contributed by atoms with Gasteiger partial charge in [-0.1, -0.05) is 49.4 Å². The zero-order chi connectivity index (χ0) is 12.6. The molecule has 0 aromatic rings. The van der Waals surface area contributed by atoms with Crippen LogP contribution in [0.5, 0.6) is 0 Å². The summed E-state index contributed by atoms with van der Waals surface area (Å²) >= 11 is 16.8. The van der Waals surface area contributed by atoms with Gasteiger partial charge in [-0.25, -0.2) is 0 Å². The molecule has 96 valence electrons. The third-order valence-electron chi connectivity index (χ3n) is 2.13. The topological polar surface area (TPSA) is 49.3 Å². The molecule has 0 aromatic carbocycles. The normalized spacial score (nSPS) is 13.6. The molecule has 6 heteroatoms. The predicted molar refractivity (Wildman–Crippen MR) is 68.1 cm³/mol. The first kappa shape index (κ1) is 16.3. The summed E-state index contributed by atoms with van der Waals surface area (Å²) in [7, 11) is 0. The van der Waals surface area contributed by atoms with E-state index in [0.717, 1.165) is 25.7 Å². The Labute approximate surface area is 111 Å². The standard InChI is InChI=1S/C10H18Cl3NO2/c1-2-3-4-5-6-8(15)14-9(16)10(12,13)7-11/h9,16H,2-7H2,1H3,(H,14,15). The average Bonchev–Trinajstić information content (AvgIpc) is 2.24. The molecule has 0 radical (unpaired) electrons. The molecule has 1 amide bonds. The van der Waals surface area contributed by atoms with E-state index in [4.69, 9.17) is 34.8 Å². The Balaban J connectivity index is 3.78. The third kappa shape index (κ3) is 6.79. The Bertz CT molecular complexity index is 212. The largest absolute Gasteiger partial charge is 0.370 e. The van der Waals surface area contributed by atoms with E-state index in [0.29, 0.717) is 6.42 Å². The van der Waals surface area contributed by atoms with E-state index < -0.39 is 10.6 Å². The first-order chi connectivity index (χ1) is 7.44. The molecular formula is C10H18Cl3NO2. The van der Waals surface area contributed by atoms with E-state index in [9.17, 15) is 9.90 Å². The van der Waals surface area contributed by atoms with E-state index in [1.54, 1.807) is 0 Å². The van der Waals surface area contributed by atoms with Crippen molar-refractivity contribution in [1.29, 1.82) is 0 Å². The van der Waals surface area contributed by atoms with Gasteiger partial charge in [-0.15, -0.1) is 11.6 Å². The summed E-state index contributed by atoms with van der Waals surface area (Å²) in [6.45, 7) is 2.10. The van der Waals surface area contributed by atoms with Crippen molar-refractivity contribution >= 4 is 40.7 Å². The second-order valence-corrected chi connectivity index (χ2v) is 5.49. The number of aliphatic hydroxyl groups is 1. The fraction of sp³-hybridized carbons (Fsp3) is 0.900. The molecule has 0 aliphatic heterocycles. The summed E-state index contributed by atoms with van der Waals surface area (Å²) in [5.74, 6) is -0.424. The summed E-state index contributed by atoms with van der Waals surface area (Å²) in [6.07, 6.45) is 3.04. The van der Waals surface area contributed by atoms with E-state index in [1.165, 1.54) is 0 Å². The van der Waals surface area contributed by atoms with Gasteiger partial charge in [0, 0.05) is 6.42 Å². The number of aliphatic hydroxyl groups excluding tert-OH is 1. The number of rotatable bonds is 8. The van der Waals surface area contributed by atoms with Crippen LogP contribution < -0.4 is 5.32 Å². The minimum absolute atomic E-state index is 0.159. The SMILES string of the molecule is CCCCCCC(=O)NC(O)C(Cl)(Cl)CCl. The van der Waals surface area contributed by atoms with Crippen LogP contribution in [0.3, 0.4) is 0 Å². The number of hydrogen-bond acceptors (Lipinski definition) is 2. The lowest BCUT2D eigenvalue weighted by Gasteiger charge is -2.23. The Morgan fingerprint density at radius 2 is 2.00 bits per heavy atom. The first-order valence-corrected chi connectivity index (χ1v) is 6.64. The Hall–Kier alpha value is 0.300. The molecule has 0 saturated carbocycles. The molecule has 1 unspecified atom stereocenters. The van der Waals surface area contributed by atoms with E-state index in [-0.39, 0.29) is 11.8 Å². The first-order valence-electron chi connectivity index (χ1n) is 5.35. The highest BCUT2D eigenvalue weighted by atomic mass is 35.5. The Morgan fingerprint density at radius 1 is 1.38 bits per heavy atom. The minimum Gasteiger partial charge on any atom is -0.370 e. The van der Waals surface area contributed by atoms with Crippen LogP contribution in [0.1, 0.15) is 39.0 Å². The van der Waals surface area contributed by atoms with Crippen LogP contribution in [-0.2, 0) is 4.79 Å². The van der Waals surface area contributed by atoms with Crippen molar-refractivity contribution in [3.05, 3.63) is 0 Å². The van der Waals surface area contributed by atoms with Crippen LogP contribution >= 0.6 is 34.8 Å². The van der Waals surface area contributed by atoms with Crippen LogP contribution in [0, 0.1) is 0 Å². The van der Waals surface area contributed by atoms with Crippen molar-refractivity contribution in [2.45, 2.75) is 49.6 Å². The van der Waals surface area contributed by atoms with Crippen molar-refractivity contribution < 1.29 is 9.90 Å². The summed E-state index contributed by atoms with van der Waals surface area (Å²) in [4.78, 5) is 11.3. The van der Waals surface area contributed by atoms with Crippen molar-refractivity contribution in [1.82, 2.24) is 5.32 Å². The lowest BCUT2D eigenvalue weighted by Crippen LogP contribution is -2.47. The average molecular weight is 291 g/mol. The quantitative estimate of drug-likeness (QED) is 0.410. The molecule has 0 saturated heterocycles. The number of nitrogens with one attached hydrogen (secondary N) is 1. The minimum atomic E-state index is -1.54. The number of carbonyl (C=O) groups is 1. The van der Waals surface area contributed by atoms with Crippen molar-refractivity contribution in [3.8, 4) is 0 Å². The second kappa shape index (κ2) is 8.40. The summed E-state index contributed by atoms with van der Waals surface area (Å²) < 4.78 is -1.54. The van der Waals surface area contributed by atoms with Gasteiger partial charge in [-0.3, -0.25) is 4.79 Å². The number of halogens is 3. The lowest BCUT2D eigenvalue weighted by atomic mass is 10.1. The van der Waals surface area contributed by atoms with Gasteiger partial charge in [-0.05, 0) is 6.42 Å². The molecule has 0 aliphatic rings. The van der Waals surface area contributed by atoms with Gasteiger partial charge in [0.25, 0.3) is 0 Å². The molecule has 0 bridgehead atoms. The van der Waals surface area contributed by atoms with E-state index in [1.807, 2.05) is 0 Å². The summed E-state index contributed by atoms with van der Waals surface area (Å²) in [5, 5.41) is 11.8. The maximum atomic E-state index is 11.3. The highest BCUT2D eigenvalue weighted by Crippen LogP contribution is 2.25. The van der Waals surface area contributed by atoms with Gasteiger partial charge < -0.3 is 10.4 Å². The molecule has 0 fully saturated rings. The summed E-state index contributed by atoms with van der Waals surface area (Å²) in [5.41, 5.74) is 0. The van der Waals surface area contributed by atoms with Crippen LogP contribution in [0.4, 0.5) is 0 Å². The fourth-order valence-corrected chi connectivity index (χ4v) is 1.37. The number of hydrogen-bond donors (Lipinski definition) is 2. The predicted octanol–water partition coefficient (Wildman–Crippen LogP) is 2.80.